The lowest BCUT2D eigenvalue weighted by Crippen LogP contribution is -2.25. The minimum absolute atomic E-state index is 0.0970. The van der Waals surface area contributed by atoms with Crippen molar-refractivity contribution in [1.82, 2.24) is 4.72 Å². The highest BCUT2D eigenvalue weighted by atomic mass is 32.3. The number of β-amino-alcohol motifs (C(OH)–C–C–N with tert-alkyl or cyclic N) is 1. The molecule has 0 radical (unpaired) electrons. The maximum Gasteiger partial charge on any atom is 0.306 e. The second kappa shape index (κ2) is 7.19. The number of nitrogens with one attached hydrogen (secondary N) is 1. The average molecular weight is 416 g/mol. The second-order valence-electron chi connectivity index (χ2n) is 6.11. The molecule has 2 aromatic rings. The Morgan fingerprint density at radius 1 is 1.26 bits per heavy atom. The van der Waals surface area contributed by atoms with Crippen LogP contribution in [0.3, 0.4) is 0 Å². The number of para-hydroxylation sites is 1. The molecule has 0 aromatic heterocycles. The summed E-state index contributed by atoms with van der Waals surface area (Å²) in [6.45, 7) is -0.0970. The van der Waals surface area contributed by atoms with Crippen molar-refractivity contribution in [3.8, 4) is 11.5 Å². The molecule has 148 valence electrons. The Bertz CT molecular complexity index is 950. The zero-order valence-electron chi connectivity index (χ0n) is 14.3. The van der Waals surface area contributed by atoms with Crippen LogP contribution in [-0.2, 0) is 16.5 Å². The zero-order chi connectivity index (χ0) is 19.8. The molecule has 5 N–H and O–H groups in total. The van der Waals surface area contributed by atoms with E-state index in [1.165, 1.54) is 18.2 Å². The number of rotatable bonds is 5. The number of nitrogens with zero attached hydrogens (tertiary/aromatic N) is 1. The summed E-state index contributed by atoms with van der Waals surface area (Å²) in [6, 6.07) is 11.2. The first-order valence-corrected chi connectivity index (χ1v) is 11.2. The number of aliphatic hydroxyl groups excluding tert-OH is 1. The number of benzene rings is 2. The van der Waals surface area contributed by atoms with Gasteiger partial charge in [0, 0.05) is 12.0 Å². The lowest BCUT2D eigenvalue weighted by atomic mass is 10.0. The van der Waals surface area contributed by atoms with E-state index in [0.29, 0.717) is 11.1 Å². The van der Waals surface area contributed by atoms with Gasteiger partial charge < -0.3 is 14.4 Å². The van der Waals surface area contributed by atoms with E-state index in [0.717, 1.165) is 10.6 Å². The Labute approximate surface area is 158 Å². The number of phenolic OH excluding ortho intramolecular Hbond substituents is 1. The van der Waals surface area contributed by atoms with Crippen LogP contribution >= 0.6 is 11.0 Å². The molecule has 9 nitrogen and oxygen atoms in total. The van der Waals surface area contributed by atoms with Gasteiger partial charge >= 0.3 is 10.1 Å². The molecule has 1 aliphatic heterocycles. The molecule has 3 rings (SSSR count). The third kappa shape index (κ3) is 4.64. The summed E-state index contributed by atoms with van der Waals surface area (Å²) in [4.78, 5) is 0. The molecular weight excluding hydrogens is 396 g/mol. The minimum Gasteiger partial charge on any atom is -0.506 e. The van der Waals surface area contributed by atoms with Crippen LogP contribution in [0.2, 0.25) is 0 Å². The van der Waals surface area contributed by atoms with Crippen LogP contribution in [-0.4, -0.2) is 46.8 Å². The predicted molar refractivity (Wildman–Crippen MR) is 102 cm³/mol. The van der Waals surface area contributed by atoms with Gasteiger partial charge in [-0.15, -0.1) is 0 Å². The van der Waals surface area contributed by atoms with Crippen LogP contribution in [0.25, 0.3) is 0 Å². The topological polar surface area (TPSA) is 140 Å². The summed E-state index contributed by atoms with van der Waals surface area (Å²) in [6.07, 6.45) is 0.117. The molecule has 1 heterocycles. The largest absolute Gasteiger partial charge is 0.506 e. The number of anilines is 1. The maximum absolute atomic E-state index is 11.4. The molecule has 1 fully saturated rings. The number of aliphatic hydroxyl groups is 1. The van der Waals surface area contributed by atoms with Crippen molar-refractivity contribution in [3.63, 3.8) is 0 Å². The van der Waals surface area contributed by atoms with Gasteiger partial charge in [0.15, 0.2) is 0 Å². The average Bonchev–Trinajstić information content (AvgIpc) is 2.80. The fourth-order valence-electron chi connectivity index (χ4n) is 2.78. The number of hydrogen-bond donors (Lipinski definition) is 5. The van der Waals surface area contributed by atoms with Gasteiger partial charge in [-0.2, -0.15) is 13.1 Å². The molecule has 0 bridgehead atoms. The van der Waals surface area contributed by atoms with Crippen LogP contribution in [0.1, 0.15) is 11.1 Å². The Hall–Kier alpha value is -2.02. The van der Waals surface area contributed by atoms with Crippen LogP contribution in [0.4, 0.5) is 5.69 Å². The minimum atomic E-state index is -3.68. The van der Waals surface area contributed by atoms with E-state index < -0.39 is 27.3 Å². The van der Waals surface area contributed by atoms with Crippen molar-refractivity contribution in [1.29, 1.82) is 0 Å². The summed E-state index contributed by atoms with van der Waals surface area (Å²) in [7, 11) is -7.10. The lowest BCUT2D eigenvalue weighted by molar-refractivity contribution is 0.182. The van der Waals surface area contributed by atoms with Crippen molar-refractivity contribution in [2.24, 2.45) is 0 Å². The van der Waals surface area contributed by atoms with E-state index in [2.05, 4.69) is 4.72 Å². The van der Waals surface area contributed by atoms with Gasteiger partial charge in [-0.1, -0.05) is 35.2 Å². The van der Waals surface area contributed by atoms with Crippen molar-refractivity contribution < 1.29 is 31.9 Å². The van der Waals surface area contributed by atoms with Crippen molar-refractivity contribution in [2.75, 3.05) is 17.1 Å². The maximum atomic E-state index is 11.4. The summed E-state index contributed by atoms with van der Waals surface area (Å²) in [5.41, 5.74) is 1.42. The van der Waals surface area contributed by atoms with E-state index in [1.807, 2.05) is 0 Å². The highest BCUT2D eigenvalue weighted by Crippen LogP contribution is 2.49. The molecule has 1 atom stereocenters. The molecule has 0 spiro atoms. The van der Waals surface area contributed by atoms with E-state index in [4.69, 9.17) is 4.18 Å². The van der Waals surface area contributed by atoms with Crippen LogP contribution < -0.4 is 13.2 Å². The van der Waals surface area contributed by atoms with Gasteiger partial charge in [-0.05, 0) is 23.8 Å². The predicted octanol–water partition coefficient (Wildman–Crippen LogP) is 1.63. The number of hydrogen-bond acceptors (Lipinski definition) is 9. The molecule has 1 aliphatic rings. The molecule has 2 aromatic carbocycles. The van der Waals surface area contributed by atoms with Gasteiger partial charge in [-0.25, -0.2) is 0 Å². The Morgan fingerprint density at radius 2 is 1.96 bits per heavy atom. The number of phenols is 1. The van der Waals surface area contributed by atoms with Gasteiger partial charge in [0.25, 0.3) is 0 Å². The fourth-order valence-corrected chi connectivity index (χ4v) is 4.62. The second-order valence-corrected chi connectivity index (χ2v) is 9.40. The zero-order valence-corrected chi connectivity index (χ0v) is 15.9. The molecule has 0 amide bonds. The molecule has 11 heteroatoms. The Kier molecular flexibility index (Phi) is 5.25. The SMILES string of the molecule is CS(=O)(=O)Oc1ccccc1Cc1ccc(N2CC(O)NS2(O)O)c(O)c1. The summed E-state index contributed by atoms with van der Waals surface area (Å²) in [5.74, 6) is -0.00510. The highest BCUT2D eigenvalue weighted by Gasteiger charge is 2.36. The standard InChI is InChI=1S/C16H20N2O7S2/c1-26(21,22)25-15-5-3-2-4-12(15)8-11-6-7-13(14(19)9-11)18-10-16(20)17-27(18,23)24/h2-7,9,16-17,19-20,23-24H,8,10H2,1H3. The quantitative estimate of drug-likeness (QED) is 0.460. The Balaban J connectivity index is 1.86. The lowest BCUT2D eigenvalue weighted by Gasteiger charge is -2.36. The molecular formula is C16H20N2O7S2. The van der Waals surface area contributed by atoms with Crippen LogP contribution in [0, 0.1) is 0 Å². The third-order valence-corrected chi connectivity index (χ3v) is 5.89. The molecule has 1 saturated heterocycles. The molecule has 0 saturated carbocycles. The van der Waals surface area contributed by atoms with E-state index in [-0.39, 0.29) is 30.2 Å². The molecule has 1 unspecified atom stereocenters. The van der Waals surface area contributed by atoms with Crippen molar-refractivity contribution in [2.45, 2.75) is 12.6 Å². The van der Waals surface area contributed by atoms with Gasteiger partial charge in [0.2, 0.25) is 0 Å². The Morgan fingerprint density at radius 3 is 2.56 bits per heavy atom. The van der Waals surface area contributed by atoms with Gasteiger partial charge in [0.05, 0.1) is 12.8 Å². The molecule has 0 aliphatic carbocycles. The van der Waals surface area contributed by atoms with Crippen LogP contribution in [0.5, 0.6) is 11.5 Å². The fraction of sp³-hybridized carbons (Fsp3) is 0.250. The highest BCUT2D eigenvalue weighted by molar-refractivity contribution is 8.24. The van der Waals surface area contributed by atoms with Crippen molar-refractivity contribution in [3.05, 3.63) is 53.6 Å². The van der Waals surface area contributed by atoms with Crippen LogP contribution in [0.15, 0.2) is 42.5 Å². The first-order chi connectivity index (χ1) is 12.5. The van der Waals surface area contributed by atoms with Gasteiger partial charge in [-0.3, -0.25) is 13.4 Å². The normalized spacial score (nSPS) is 20.4. The van der Waals surface area contributed by atoms with Gasteiger partial charge in [0.1, 0.15) is 23.4 Å². The smallest absolute Gasteiger partial charge is 0.306 e. The summed E-state index contributed by atoms with van der Waals surface area (Å²) in [5, 5.41) is 19.9. The monoisotopic (exact) mass is 416 g/mol. The van der Waals surface area contributed by atoms with Crippen molar-refractivity contribution >= 4 is 26.8 Å². The summed E-state index contributed by atoms with van der Waals surface area (Å²) < 4.78 is 51.0. The number of aromatic hydroxyl groups is 1. The van der Waals surface area contributed by atoms with E-state index in [9.17, 15) is 27.7 Å². The molecule has 27 heavy (non-hydrogen) atoms. The third-order valence-electron chi connectivity index (χ3n) is 3.86. The first kappa shape index (κ1) is 19.7. The van der Waals surface area contributed by atoms with E-state index in [1.54, 1.807) is 24.3 Å². The first-order valence-electron chi connectivity index (χ1n) is 7.86. The summed E-state index contributed by atoms with van der Waals surface area (Å²) >= 11 is 0. The van der Waals surface area contributed by atoms with E-state index >= 15 is 0 Å².